The molecule has 1 aliphatic rings. The second kappa shape index (κ2) is 9.99. The topological polar surface area (TPSA) is 133 Å². The number of nitrogen functional groups attached to an aromatic ring is 1. The molecular weight excluding hydrogens is 468 g/mol. The minimum absolute atomic E-state index is 0.0690. The van der Waals surface area contributed by atoms with E-state index in [1.807, 2.05) is 32.9 Å². The van der Waals surface area contributed by atoms with Crippen molar-refractivity contribution in [1.29, 1.82) is 0 Å². The van der Waals surface area contributed by atoms with Crippen LogP contribution in [-0.2, 0) is 14.8 Å². The summed E-state index contributed by atoms with van der Waals surface area (Å²) in [6.07, 6.45) is 2.64. The van der Waals surface area contributed by atoms with Gasteiger partial charge in [0.15, 0.2) is 11.5 Å². The number of carbonyl (C=O) groups excluding carboxylic acids is 1. The number of hydrogen-bond donors (Lipinski definition) is 3. The third-order valence-corrected chi connectivity index (χ3v) is 7.37. The molecule has 186 valence electrons. The van der Waals surface area contributed by atoms with Gasteiger partial charge in [-0.05, 0) is 81.0 Å². The molecule has 10 heteroatoms. The molecule has 0 aliphatic heterocycles. The lowest BCUT2D eigenvalue weighted by Gasteiger charge is -2.22. The maximum absolute atomic E-state index is 13.3. The van der Waals surface area contributed by atoms with E-state index >= 15 is 0 Å². The monoisotopic (exact) mass is 498 g/mol. The zero-order valence-electron chi connectivity index (χ0n) is 19.9. The van der Waals surface area contributed by atoms with Crippen molar-refractivity contribution in [3.63, 3.8) is 0 Å². The van der Waals surface area contributed by atoms with E-state index in [9.17, 15) is 13.2 Å². The van der Waals surface area contributed by atoms with Gasteiger partial charge >= 0.3 is 0 Å². The fourth-order valence-corrected chi connectivity index (χ4v) is 5.06. The molecule has 0 spiro atoms. The molecule has 4 rings (SSSR count). The third-order valence-electron chi connectivity index (χ3n) is 5.54. The van der Waals surface area contributed by atoms with Gasteiger partial charge in [-0.2, -0.15) is 0 Å². The number of rotatable bonds is 10. The number of nitrogens with zero attached hydrogens (tertiary/aromatic N) is 1. The first-order chi connectivity index (χ1) is 16.7. The molecule has 1 saturated carbocycles. The smallest absolute Gasteiger partial charge is 0.260 e. The summed E-state index contributed by atoms with van der Waals surface area (Å²) in [7, 11) is -3.74. The molecule has 4 N–H and O–H groups in total. The molecule has 2 aromatic carbocycles. The normalized spacial score (nSPS) is 14.5. The third kappa shape index (κ3) is 5.76. The van der Waals surface area contributed by atoms with Crippen LogP contribution in [0.3, 0.4) is 0 Å². The fraction of sp³-hybridized carbons (Fsp3) is 0.360. The predicted molar refractivity (Wildman–Crippen MR) is 136 cm³/mol. The molecule has 1 atom stereocenters. The number of sulfonamides is 1. The first kappa shape index (κ1) is 24.6. The van der Waals surface area contributed by atoms with E-state index in [2.05, 4.69) is 15.0 Å². The van der Waals surface area contributed by atoms with E-state index in [1.54, 1.807) is 36.5 Å². The van der Waals surface area contributed by atoms with Crippen LogP contribution in [0.1, 0.15) is 45.2 Å². The van der Waals surface area contributed by atoms with E-state index in [4.69, 9.17) is 15.2 Å². The molecule has 1 fully saturated rings. The van der Waals surface area contributed by atoms with Gasteiger partial charge in [0.05, 0.1) is 18.0 Å². The van der Waals surface area contributed by atoms with Crippen molar-refractivity contribution < 1.29 is 22.7 Å². The van der Waals surface area contributed by atoms with Gasteiger partial charge in [-0.1, -0.05) is 6.07 Å². The maximum Gasteiger partial charge on any atom is 0.260 e. The SMILES string of the molecule is CCOc1cc(C(Nc2ccc3c(N)nccc3c2)C(=O)NS(=O)(=O)C2CC2)ccc1OC(C)C. The summed E-state index contributed by atoms with van der Waals surface area (Å²) in [5.41, 5.74) is 7.10. The lowest BCUT2D eigenvalue weighted by molar-refractivity contribution is -0.120. The van der Waals surface area contributed by atoms with Gasteiger partial charge in [0.2, 0.25) is 10.0 Å². The van der Waals surface area contributed by atoms with Crippen LogP contribution < -0.4 is 25.2 Å². The Labute approximate surface area is 205 Å². The zero-order chi connectivity index (χ0) is 25.2. The van der Waals surface area contributed by atoms with E-state index in [1.165, 1.54) is 0 Å². The molecule has 9 nitrogen and oxygen atoms in total. The highest BCUT2D eigenvalue weighted by Gasteiger charge is 2.38. The Morgan fingerprint density at radius 2 is 1.91 bits per heavy atom. The number of pyridine rings is 1. The van der Waals surface area contributed by atoms with Crippen LogP contribution >= 0.6 is 0 Å². The van der Waals surface area contributed by atoms with Crippen LogP contribution in [0.25, 0.3) is 10.8 Å². The second-order valence-electron chi connectivity index (χ2n) is 8.73. The van der Waals surface area contributed by atoms with Gasteiger partial charge in [-0.3, -0.25) is 9.52 Å². The number of fused-ring (bicyclic) bond motifs is 1. The average molecular weight is 499 g/mol. The number of amides is 1. The summed E-state index contributed by atoms with van der Waals surface area (Å²) in [5, 5.41) is 4.28. The Bertz CT molecular complexity index is 1340. The number of nitrogens with two attached hydrogens (primary N) is 1. The van der Waals surface area contributed by atoms with Crippen LogP contribution in [0.15, 0.2) is 48.7 Å². The molecule has 35 heavy (non-hydrogen) atoms. The molecule has 1 aliphatic carbocycles. The minimum atomic E-state index is -3.74. The fourth-order valence-electron chi connectivity index (χ4n) is 3.74. The van der Waals surface area contributed by atoms with Crippen molar-refractivity contribution >= 4 is 38.2 Å². The first-order valence-corrected chi connectivity index (χ1v) is 13.1. The maximum atomic E-state index is 13.3. The molecule has 0 saturated heterocycles. The van der Waals surface area contributed by atoms with E-state index < -0.39 is 27.2 Å². The largest absolute Gasteiger partial charge is 0.490 e. The number of benzene rings is 2. The molecule has 1 amide bonds. The predicted octanol–water partition coefficient (Wildman–Crippen LogP) is 3.76. The Morgan fingerprint density at radius 3 is 2.60 bits per heavy atom. The number of aromatic nitrogens is 1. The zero-order valence-corrected chi connectivity index (χ0v) is 20.8. The molecule has 3 aromatic rings. The molecule has 0 radical (unpaired) electrons. The minimum Gasteiger partial charge on any atom is -0.490 e. The standard InChI is InChI=1S/C25H30N4O5S/c1-4-33-22-14-17(5-10-21(22)34-15(2)3)23(25(30)29-35(31,32)19-7-8-19)28-18-6-9-20-16(13-18)11-12-27-24(20)26/h5-6,9-15,19,23,28H,4,7-8H2,1-3H3,(H2,26,27)(H,29,30). The van der Waals surface area contributed by atoms with Gasteiger partial charge in [-0.25, -0.2) is 13.4 Å². The Balaban J connectivity index is 1.71. The van der Waals surface area contributed by atoms with Crippen LogP contribution in [-0.4, -0.2) is 37.3 Å². The average Bonchev–Trinajstić information content (AvgIpc) is 3.65. The van der Waals surface area contributed by atoms with E-state index in [0.29, 0.717) is 48.0 Å². The number of carbonyl (C=O) groups is 1. The lowest BCUT2D eigenvalue weighted by Crippen LogP contribution is -2.39. The van der Waals surface area contributed by atoms with Crippen LogP contribution in [0.2, 0.25) is 0 Å². The first-order valence-electron chi connectivity index (χ1n) is 11.6. The van der Waals surface area contributed by atoms with Crippen molar-refractivity contribution in [2.24, 2.45) is 0 Å². The highest BCUT2D eigenvalue weighted by atomic mass is 32.2. The summed E-state index contributed by atoms with van der Waals surface area (Å²) >= 11 is 0. The summed E-state index contributed by atoms with van der Waals surface area (Å²) in [6, 6.07) is 11.4. The molecule has 1 heterocycles. The molecule has 1 unspecified atom stereocenters. The summed E-state index contributed by atoms with van der Waals surface area (Å²) < 4.78 is 38.9. The van der Waals surface area contributed by atoms with Crippen molar-refractivity contribution in [2.45, 2.75) is 51.0 Å². The summed E-state index contributed by atoms with van der Waals surface area (Å²) in [6.45, 7) is 6.07. The van der Waals surface area contributed by atoms with Gasteiger partial charge in [0.25, 0.3) is 5.91 Å². The highest BCUT2D eigenvalue weighted by Crippen LogP contribution is 2.34. The molecule has 0 bridgehead atoms. The van der Waals surface area contributed by atoms with Crippen molar-refractivity contribution in [2.75, 3.05) is 17.7 Å². The second-order valence-corrected chi connectivity index (χ2v) is 10.7. The summed E-state index contributed by atoms with van der Waals surface area (Å²) in [5.74, 6) is 0.747. The van der Waals surface area contributed by atoms with E-state index in [-0.39, 0.29) is 6.10 Å². The van der Waals surface area contributed by atoms with Crippen molar-refractivity contribution in [3.8, 4) is 11.5 Å². The van der Waals surface area contributed by atoms with E-state index in [0.717, 1.165) is 10.8 Å². The quantitative estimate of drug-likeness (QED) is 0.385. The lowest BCUT2D eigenvalue weighted by atomic mass is 10.0. The van der Waals surface area contributed by atoms with Crippen LogP contribution in [0.5, 0.6) is 11.5 Å². The highest BCUT2D eigenvalue weighted by molar-refractivity contribution is 7.90. The van der Waals surface area contributed by atoms with Crippen molar-refractivity contribution in [1.82, 2.24) is 9.71 Å². The van der Waals surface area contributed by atoms with Crippen LogP contribution in [0.4, 0.5) is 11.5 Å². The molecule has 1 aromatic heterocycles. The van der Waals surface area contributed by atoms with Crippen LogP contribution in [0, 0.1) is 0 Å². The Kier molecular flexibility index (Phi) is 7.02. The number of hydrogen-bond acceptors (Lipinski definition) is 8. The molecular formula is C25H30N4O5S. The van der Waals surface area contributed by atoms with Gasteiger partial charge in [-0.15, -0.1) is 0 Å². The summed E-state index contributed by atoms with van der Waals surface area (Å²) in [4.78, 5) is 17.4. The number of nitrogens with one attached hydrogen (secondary N) is 2. The number of anilines is 2. The Hall–Kier alpha value is -3.53. The Morgan fingerprint density at radius 1 is 1.14 bits per heavy atom. The van der Waals surface area contributed by atoms with Gasteiger partial charge in [0.1, 0.15) is 11.9 Å². The van der Waals surface area contributed by atoms with Crippen molar-refractivity contribution in [3.05, 3.63) is 54.2 Å². The van der Waals surface area contributed by atoms with Gasteiger partial charge < -0.3 is 20.5 Å². The number of ether oxygens (including phenoxy) is 2. The van der Waals surface area contributed by atoms with Gasteiger partial charge in [0, 0.05) is 17.3 Å².